The van der Waals surface area contributed by atoms with Gasteiger partial charge in [0.25, 0.3) is 0 Å². The largest absolute Gasteiger partial charge is 0.303 e. The van der Waals surface area contributed by atoms with Crippen molar-refractivity contribution >= 4 is 6.29 Å². The maximum Gasteiger partial charge on any atom is 0.123 e. The molecule has 20 heavy (non-hydrogen) atoms. The minimum Gasteiger partial charge on any atom is -0.303 e. The van der Waals surface area contributed by atoms with Crippen molar-refractivity contribution in [2.45, 2.75) is 51.4 Å². The van der Waals surface area contributed by atoms with Crippen LogP contribution in [0.2, 0.25) is 0 Å². The van der Waals surface area contributed by atoms with E-state index in [1.807, 2.05) is 0 Å². The van der Waals surface area contributed by atoms with Crippen molar-refractivity contribution in [3.8, 4) is 0 Å². The Labute approximate surface area is 121 Å². The fourth-order valence-electron chi connectivity index (χ4n) is 5.74. The Bertz CT molecular complexity index is 534. The van der Waals surface area contributed by atoms with Crippen molar-refractivity contribution in [1.29, 1.82) is 0 Å². The number of rotatable bonds is 1. The summed E-state index contributed by atoms with van der Waals surface area (Å²) in [4.78, 5) is 11.3. The molecular weight excluding hydrogens is 244 g/mol. The van der Waals surface area contributed by atoms with Crippen LogP contribution in [0, 0.1) is 23.2 Å². The van der Waals surface area contributed by atoms with Gasteiger partial charge in [0.15, 0.2) is 0 Å². The van der Waals surface area contributed by atoms with Gasteiger partial charge in [0.05, 0.1) is 0 Å². The molecule has 106 valence electrons. The number of carbonyl (C=O) groups excluding carboxylic acids is 1. The van der Waals surface area contributed by atoms with Gasteiger partial charge in [-0.2, -0.15) is 0 Å². The Morgan fingerprint density at radius 3 is 2.95 bits per heavy atom. The van der Waals surface area contributed by atoms with Crippen molar-refractivity contribution in [1.82, 2.24) is 0 Å². The van der Waals surface area contributed by atoms with Gasteiger partial charge in [-0.05, 0) is 72.8 Å². The van der Waals surface area contributed by atoms with Crippen molar-refractivity contribution in [2.75, 3.05) is 0 Å². The highest BCUT2D eigenvalue weighted by atomic mass is 16.1. The number of benzene rings is 1. The Morgan fingerprint density at radius 2 is 2.10 bits per heavy atom. The van der Waals surface area contributed by atoms with Gasteiger partial charge >= 0.3 is 0 Å². The van der Waals surface area contributed by atoms with Crippen molar-refractivity contribution in [2.24, 2.45) is 23.2 Å². The third-order valence-corrected chi connectivity index (χ3v) is 6.63. The van der Waals surface area contributed by atoms with Crippen LogP contribution >= 0.6 is 0 Å². The summed E-state index contributed by atoms with van der Waals surface area (Å²) in [7, 11) is 0. The summed E-state index contributed by atoms with van der Waals surface area (Å²) in [5.41, 5.74) is 3.65. The van der Waals surface area contributed by atoms with E-state index < -0.39 is 0 Å². The van der Waals surface area contributed by atoms with Crippen molar-refractivity contribution < 1.29 is 4.79 Å². The van der Waals surface area contributed by atoms with E-state index in [-0.39, 0.29) is 0 Å². The van der Waals surface area contributed by atoms with E-state index in [1.54, 1.807) is 11.1 Å². The van der Waals surface area contributed by atoms with E-state index in [4.69, 9.17) is 0 Å². The van der Waals surface area contributed by atoms with Crippen LogP contribution in [-0.4, -0.2) is 6.29 Å². The molecule has 1 aromatic carbocycles. The maximum atomic E-state index is 11.3. The maximum absolute atomic E-state index is 11.3. The lowest BCUT2D eigenvalue weighted by Gasteiger charge is -2.49. The number of fused-ring (bicyclic) bond motifs is 5. The minimum atomic E-state index is 0.334. The molecule has 1 heteroatoms. The lowest BCUT2D eigenvalue weighted by atomic mass is 9.56. The van der Waals surface area contributed by atoms with Gasteiger partial charge in [-0.1, -0.05) is 31.2 Å². The molecule has 0 radical (unpaired) electrons. The molecule has 5 atom stereocenters. The second-order valence-corrected chi connectivity index (χ2v) is 7.64. The van der Waals surface area contributed by atoms with Crippen LogP contribution in [0.25, 0.3) is 0 Å². The first-order valence-electron chi connectivity index (χ1n) is 8.24. The van der Waals surface area contributed by atoms with Gasteiger partial charge < -0.3 is 4.79 Å². The molecule has 1 nitrogen and oxygen atoms in total. The highest BCUT2D eigenvalue weighted by Gasteiger charge is 2.52. The summed E-state index contributed by atoms with van der Waals surface area (Å²) in [6, 6.07) is 9.07. The zero-order valence-corrected chi connectivity index (χ0v) is 12.3. The third-order valence-electron chi connectivity index (χ3n) is 6.63. The summed E-state index contributed by atoms with van der Waals surface area (Å²) >= 11 is 0. The lowest BCUT2D eigenvalue weighted by molar-refractivity contribution is -0.111. The number of hydrogen-bond donors (Lipinski definition) is 0. The second kappa shape index (κ2) is 4.44. The molecule has 0 saturated heterocycles. The summed E-state index contributed by atoms with van der Waals surface area (Å²) in [6.45, 7) is 2.46. The smallest absolute Gasteiger partial charge is 0.123 e. The van der Waals surface area contributed by atoms with Crippen molar-refractivity contribution in [3.63, 3.8) is 0 Å². The Kier molecular flexibility index (Phi) is 2.80. The summed E-state index contributed by atoms with van der Waals surface area (Å²) in [5, 5.41) is 0. The van der Waals surface area contributed by atoms with Crippen molar-refractivity contribution in [3.05, 3.63) is 35.4 Å². The molecule has 0 heterocycles. The molecule has 3 aliphatic rings. The zero-order chi connectivity index (χ0) is 13.7. The van der Waals surface area contributed by atoms with Crippen LogP contribution in [-0.2, 0) is 11.2 Å². The highest BCUT2D eigenvalue weighted by molar-refractivity contribution is 5.54. The zero-order valence-electron chi connectivity index (χ0n) is 12.3. The summed E-state index contributed by atoms with van der Waals surface area (Å²) < 4.78 is 0. The van der Waals surface area contributed by atoms with Gasteiger partial charge in [-0.15, -0.1) is 0 Å². The average Bonchev–Trinajstić information content (AvgIpc) is 2.84. The molecule has 0 spiro atoms. The molecule has 0 amide bonds. The standard InChI is InChI=1S/C19H24O/c1-19-9-8-16-15-5-3-2-4-14(15)6-7-17(16)18(19)10-13(11-19)12-20/h2-5,12-13,16-18H,6-11H2,1H3/t13?,16-,17-,18+,19-/m1/s1. The molecule has 3 aliphatic carbocycles. The SMILES string of the molecule is C[C@]12CC[C@@H]3c4ccccc4CC[C@H]3[C@@H]1CC(C=O)C2. The van der Waals surface area contributed by atoms with E-state index in [2.05, 4.69) is 31.2 Å². The third kappa shape index (κ3) is 1.71. The molecule has 1 unspecified atom stereocenters. The molecule has 2 saturated carbocycles. The topological polar surface area (TPSA) is 17.1 Å². The molecule has 2 fully saturated rings. The molecule has 0 N–H and O–H groups in total. The second-order valence-electron chi connectivity index (χ2n) is 7.64. The number of hydrogen-bond acceptors (Lipinski definition) is 1. The first-order valence-corrected chi connectivity index (χ1v) is 8.24. The Morgan fingerprint density at radius 1 is 1.25 bits per heavy atom. The first-order chi connectivity index (χ1) is 9.71. The van der Waals surface area contributed by atoms with Gasteiger partial charge in [0.2, 0.25) is 0 Å². The molecule has 4 rings (SSSR count). The fraction of sp³-hybridized carbons (Fsp3) is 0.632. The van der Waals surface area contributed by atoms with E-state index >= 15 is 0 Å². The number of carbonyl (C=O) groups is 1. The highest BCUT2D eigenvalue weighted by Crippen LogP contribution is 2.61. The summed E-state index contributed by atoms with van der Waals surface area (Å²) in [6.07, 6.45) is 8.77. The molecule has 1 aromatic rings. The lowest BCUT2D eigenvalue weighted by Crippen LogP contribution is -2.39. The van der Waals surface area contributed by atoms with Gasteiger partial charge in [0, 0.05) is 5.92 Å². The molecule has 0 bridgehead atoms. The molecule has 0 aromatic heterocycles. The van der Waals surface area contributed by atoms with E-state index in [9.17, 15) is 4.79 Å². The Hall–Kier alpha value is -1.11. The predicted molar refractivity (Wildman–Crippen MR) is 80.6 cm³/mol. The van der Waals surface area contributed by atoms with E-state index in [0.29, 0.717) is 11.3 Å². The average molecular weight is 268 g/mol. The van der Waals surface area contributed by atoms with Crippen LogP contribution in [0.3, 0.4) is 0 Å². The fourth-order valence-corrected chi connectivity index (χ4v) is 5.74. The normalized spacial score (nSPS) is 42.5. The quantitative estimate of drug-likeness (QED) is 0.692. The van der Waals surface area contributed by atoms with Crippen LogP contribution in [0.1, 0.15) is 56.1 Å². The van der Waals surface area contributed by atoms with Gasteiger partial charge in [-0.3, -0.25) is 0 Å². The van der Waals surface area contributed by atoms with Gasteiger partial charge in [0.1, 0.15) is 6.29 Å². The predicted octanol–water partition coefficient (Wildman–Crippen LogP) is 4.36. The molecular formula is C19H24O. The van der Waals surface area contributed by atoms with E-state index in [0.717, 1.165) is 30.6 Å². The van der Waals surface area contributed by atoms with E-state index in [1.165, 1.54) is 32.0 Å². The minimum absolute atomic E-state index is 0.334. The first kappa shape index (κ1) is 12.6. The number of aldehydes is 1. The monoisotopic (exact) mass is 268 g/mol. The number of aryl methyl sites for hydroxylation is 1. The van der Waals surface area contributed by atoms with Crippen LogP contribution in [0.5, 0.6) is 0 Å². The van der Waals surface area contributed by atoms with Crippen LogP contribution in [0.15, 0.2) is 24.3 Å². The summed E-state index contributed by atoms with van der Waals surface area (Å²) in [5.74, 6) is 2.71. The molecule has 0 aliphatic heterocycles. The Balaban J connectivity index is 1.69. The van der Waals surface area contributed by atoms with Crippen LogP contribution < -0.4 is 0 Å². The van der Waals surface area contributed by atoms with Gasteiger partial charge in [-0.25, -0.2) is 0 Å². The van der Waals surface area contributed by atoms with Crippen LogP contribution in [0.4, 0.5) is 0 Å².